The summed E-state index contributed by atoms with van der Waals surface area (Å²) in [6.07, 6.45) is 0.468. The van der Waals surface area contributed by atoms with E-state index in [1.807, 2.05) is 24.3 Å². The summed E-state index contributed by atoms with van der Waals surface area (Å²) < 4.78 is 34.8. The summed E-state index contributed by atoms with van der Waals surface area (Å²) in [5.41, 5.74) is 0. The zero-order valence-corrected chi connectivity index (χ0v) is 16.8. The SMILES string of the molecule is CS(=O)(=O)c1ccc(OCC(O)CNCCOc2ccc(Br)cc2)cc1. The lowest BCUT2D eigenvalue weighted by Gasteiger charge is -2.14. The van der Waals surface area contributed by atoms with Crippen LogP contribution in [-0.4, -0.2) is 52.2 Å². The van der Waals surface area contributed by atoms with Gasteiger partial charge in [0.05, 0.1) is 4.90 Å². The van der Waals surface area contributed by atoms with Crippen molar-refractivity contribution in [2.45, 2.75) is 11.0 Å². The molecule has 6 nitrogen and oxygen atoms in total. The zero-order valence-electron chi connectivity index (χ0n) is 14.4. The highest BCUT2D eigenvalue weighted by molar-refractivity contribution is 9.10. The molecule has 0 fully saturated rings. The van der Waals surface area contributed by atoms with Gasteiger partial charge in [0.2, 0.25) is 0 Å². The summed E-state index contributed by atoms with van der Waals surface area (Å²) >= 11 is 3.36. The first-order valence-corrected chi connectivity index (χ1v) is 10.7. The largest absolute Gasteiger partial charge is 0.492 e. The van der Waals surface area contributed by atoms with Crippen molar-refractivity contribution < 1.29 is 23.0 Å². The molecule has 26 heavy (non-hydrogen) atoms. The van der Waals surface area contributed by atoms with E-state index in [0.717, 1.165) is 16.5 Å². The van der Waals surface area contributed by atoms with Crippen molar-refractivity contribution in [1.29, 1.82) is 0 Å². The summed E-state index contributed by atoms with van der Waals surface area (Å²) in [7, 11) is -3.22. The molecular weight excluding hydrogens is 422 g/mol. The highest BCUT2D eigenvalue weighted by Gasteiger charge is 2.08. The lowest BCUT2D eigenvalue weighted by atomic mass is 10.3. The molecule has 1 atom stereocenters. The summed E-state index contributed by atoms with van der Waals surface area (Å²) in [6.45, 7) is 1.56. The van der Waals surface area contributed by atoms with Crippen molar-refractivity contribution >= 4 is 25.8 Å². The average molecular weight is 444 g/mol. The van der Waals surface area contributed by atoms with Gasteiger partial charge in [-0.2, -0.15) is 0 Å². The van der Waals surface area contributed by atoms with E-state index in [-0.39, 0.29) is 11.5 Å². The highest BCUT2D eigenvalue weighted by atomic mass is 79.9. The number of halogens is 1. The molecule has 0 saturated carbocycles. The molecule has 0 heterocycles. The van der Waals surface area contributed by atoms with Crippen LogP contribution in [0.2, 0.25) is 0 Å². The molecule has 0 aromatic heterocycles. The Labute approximate surface area is 162 Å². The van der Waals surface area contributed by atoms with Crippen molar-refractivity contribution in [3.8, 4) is 11.5 Å². The number of benzene rings is 2. The van der Waals surface area contributed by atoms with E-state index in [4.69, 9.17) is 9.47 Å². The summed E-state index contributed by atoms with van der Waals surface area (Å²) in [4.78, 5) is 0.234. The number of rotatable bonds is 10. The number of nitrogens with one attached hydrogen (secondary N) is 1. The van der Waals surface area contributed by atoms with E-state index in [1.165, 1.54) is 12.1 Å². The van der Waals surface area contributed by atoms with Crippen LogP contribution in [0.1, 0.15) is 0 Å². The van der Waals surface area contributed by atoms with E-state index < -0.39 is 15.9 Å². The first-order chi connectivity index (χ1) is 12.3. The van der Waals surface area contributed by atoms with Gasteiger partial charge in [-0.3, -0.25) is 0 Å². The Morgan fingerprint density at radius 3 is 2.23 bits per heavy atom. The molecule has 0 bridgehead atoms. The quantitative estimate of drug-likeness (QED) is 0.547. The van der Waals surface area contributed by atoms with Gasteiger partial charge in [0, 0.05) is 23.8 Å². The third-order valence-corrected chi connectivity index (χ3v) is 5.09. The van der Waals surface area contributed by atoms with Crippen LogP contribution in [0.5, 0.6) is 11.5 Å². The predicted molar refractivity (Wildman–Crippen MR) is 104 cm³/mol. The molecule has 0 aliphatic heterocycles. The van der Waals surface area contributed by atoms with E-state index in [2.05, 4.69) is 21.2 Å². The molecule has 8 heteroatoms. The van der Waals surface area contributed by atoms with Crippen LogP contribution in [0, 0.1) is 0 Å². The van der Waals surface area contributed by atoms with Crippen LogP contribution in [-0.2, 0) is 9.84 Å². The number of hydrogen-bond donors (Lipinski definition) is 2. The smallest absolute Gasteiger partial charge is 0.175 e. The Balaban J connectivity index is 1.61. The van der Waals surface area contributed by atoms with E-state index >= 15 is 0 Å². The van der Waals surface area contributed by atoms with Crippen molar-refractivity contribution in [2.75, 3.05) is 32.6 Å². The van der Waals surface area contributed by atoms with E-state index in [0.29, 0.717) is 25.4 Å². The molecule has 0 saturated heterocycles. The van der Waals surface area contributed by atoms with E-state index in [1.54, 1.807) is 12.1 Å². The Morgan fingerprint density at radius 2 is 1.62 bits per heavy atom. The second-order valence-electron chi connectivity index (χ2n) is 5.71. The molecule has 0 amide bonds. The minimum absolute atomic E-state index is 0.110. The van der Waals surface area contributed by atoms with Gasteiger partial charge in [0.1, 0.15) is 30.8 Å². The molecule has 0 radical (unpaired) electrons. The Morgan fingerprint density at radius 1 is 1.04 bits per heavy atom. The second kappa shape index (κ2) is 9.91. The molecule has 2 rings (SSSR count). The minimum atomic E-state index is -3.22. The van der Waals surface area contributed by atoms with Gasteiger partial charge in [-0.05, 0) is 48.5 Å². The van der Waals surface area contributed by atoms with Gasteiger partial charge in [0.25, 0.3) is 0 Å². The first kappa shape index (κ1) is 20.7. The number of sulfone groups is 1. The maximum atomic E-state index is 11.4. The molecule has 2 aromatic rings. The lowest BCUT2D eigenvalue weighted by molar-refractivity contribution is 0.105. The topological polar surface area (TPSA) is 84.9 Å². The second-order valence-corrected chi connectivity index (χ2v) is 8.65. The fourth-order valence-corrected chi connectivity index (χ4v) is 2.97. The predicted octanol–water partition coefficient (Wildman–Crippen LogP) is 2.26. The monoisotopic (exact) mass is 443 g/mol. The molecule has 142 valence electrons. The minimum Gasteiger partial charge on any atom is -0.492 e. The van der Waals surface area contributed by atoms with Crippen molar-refractivity contribution in [3.63, 3.8) is 0 Å². The standard InChI is InChI=1S/C18H22BrNO5S/c1-26(22,23)18-8-6-17(7-9-18)25-13-15(21)12-20-10-11-24-16-4-2-14(19)3-5-16/h2-9,15,20-21H,10-13H2,1H3. The van der Waals surface area contributed by atoms with Crippen LogP contribution in [0.25, 0.3) is 0 Å². The van der Waals surface area contributed by atoms with Gasteiger partial charge in [0.15, 0.2) is 9.84 Å². The van der Waals surface area contributed by atoms with Gasteiger partial charge in [-0.25, -0.2) is 8.42 Å². The molecule has 0 spiro atoms. The Bertz CT molecular complexity index is 778. The summed E-state index contributed by atoms with van der Waals surface area (Å²) in [5, 5.41) is 13.0. The van der Waals surface area contributed by atoms with Crippen LogP contribution in [0.3, 0.4) is 0 Å². The molecule has 2 N–H and O–H groups in total. The number of aliphatic hydroxyl groups excluding tert-OH is 1. The van der Waals surface area contributed by atoms with Gasteiger partial charge < -0.3 is 19.9 Å². The van der Waals surface area contributed by atoms with Crippen molar-refractivity contribution in [3.05, 3.63) is 53.0 Å². The first-order valence-electron chi connectivity index (χ1n) is 8.04. The molecular formula is C18H22BrNO5S. The Hall–Kier alpha value is -1.61. The van der Waals surface area contributed by atoms with Crippen molar-refractivity contribution in [2.24, 2.45) is 0 Å². The number of hydrogen-bond acceptors (Lipinski definition) is 6. The Kier molecular flexibility index (Phi) is 7.89. The highest BCUT2D eigenvalue weighted by Crippen LogP contribution is 2.16. The molecule has 0 aliphatic rings. The van der Waals surface area contributed by atoms with Gasteiger partial charge >= 0.3 is 0 Å². The van der Waals surface area contributed by atoms with Crippen molar-refractivity contribution in [1.82, 2.24) is 5.32 Å². The lowest BCUT2D eigenvalue weighted by Crippen LogP contribution is -2.33. The van der Waals surface area contributed by atoms with Crippen LogP contribution in [0.15, 0.2) is 57.9 Å². The number of aliphatic hydroxyl groups is 1. The fraction of sp³-hybridized carbons (Fsp3) is 0.333. The van der Waals surface area contributed by atoms with Crippen LogP contribution < -0.4 is 14.8 Å². The zero-order chi connectivity index (χ0) is 19.0. The van der Waals surface area contributed by atoms with Crippen LogP contribution >= 0.6 is 15.9 Å². The maximum absolute atomic E-state index is 11.4. The average Bonchev–Trinajstić information content (AvgIpc) is 2.61. The van der Waals surface area contributed by atoms with Gasteiger partial charge in [-0.15, -0.1) is 0 Å². The molecule has 2 aromatic carbocycles. The van der Waals surface area contributed by atoms with Gasteiger partial charge in [-0.1, -0.05) is 15.9 Å². The third-order valence-electron chi connectivity index (χ3n) is 3.44. The molecule has 1 unspecified atom stereocenters. The summed E-state index contributed by atoms with van der Waals surface area (Å²) in [5.74, 6) is 1.30. The maximum Gasteiger partial charge on any atom is 0.175 e. The van der Waals surface area contributed by atoms with E-state index in [9.17, 15) is 13.5 Å². The normalized spacial score (nSPS) is 12.6. The number of ether oxygens (including phenoxy) is 2. The summed E-state index contributed by atoms with van der Waals surface area (Å²) in [6, 6.07) is 13.7. The fourth-order valence-electron chi connectivity index (χ4n) is 2.07. The molecule has 0 aliphatic carbocycles. The third kappa shape index (κ3) is 7.33. The van der Waals surface area contributed by atoms with Crippen LogP contribution in [0.4, 0.5) is 0 Å².